The lowest BCUT2D eigenvalue weighted by molar-refractivity contribution is -0.885. The maximum atomic E-state index is 12.5. The molecule has 27 heavy (non-hydrogen) atoms. The monoisotopic (exact) mass is 369 g/mol. The van der Waals surface area contributed by atoms with E-state index in [9.17, 15) is 9.59 Å². The molecular weight excluding hydrogens is 340 g/mol. The summed E-state index contributed by atoms with van der Waals surface area (Å²) < 4.78 is 5.68. The van der Waals surface area contributed by atoms with Crippen LogP contribution in [0.5, 0.6) is 5.75 Å². The number of carbonyl (C=O) groups excluding carboxylic acids is 2. The van der Waals surface area contributed by atoms with E-state index < -0.39 is 0 Å². The molecule has 0 spiro atoms. The van der Waals surface area contributed by atoms with E-state index in [1.165, 1.54) is 0 Å². The Labute approximate surface area is 161 Å². The van der Waals surface area contributed by atoms with Crippen molar-refractivity contribution in [2.45, 2.75) is 34.2 Å². The predicted octanol–water partition coefficient (Wildman–Crippen LogP) is 2.56. The molecule has 0 saturated carbocycles. The standard InChI is InChI=1S/C22H28N2O3/c1-6-27-20-11-10-18(17(4)25)12-19(20)13-24(5)14-21(26)23-22-15(2)8-7-9-16(22)3/h7-12H,6,13-14H2,1-5H3,(H,23,26)/p+1. The van der Waals surface area contributed by atoms with Crippen molar-refractivity contribution < 1.29 is 19.2 Å². The number of nitrogens with one attached hydrogen (secondary N) is 2. The molecule has 1 atom stereocenters. The molecule has 0 fully saturated rings. The van der Waals surface area contributed by atoms with Crippen LogP contribution in [0, 0.1) is 13.8 Å². The van der Waals surface area contributed by atoms with Gasteiger partial charge in [-0.3, -0.25) is 9.59 Å². The molecule has 5 heteroatoms. The minimum absolute atomic E-state index is 0.0183. The summed E-state index contributed by atoms with van der Waals surface area (Å²) in [7, 11) is 1.96. The quantitative estimate of drug-likeness (QED) is 0.703. The van der Waals surface area contributed by atoms with Gasteiger partial charge in [0.1, 0.15) is 12.3 Å². The maximum Gasteiger partial charge on any atom is 0.279 e. The second kappa shape index (κ2) is 9.33. The number of hydrogen-bond donors (Lipinski definition) is 2. The van der Waals surface area contributed by atoms with E-state index in [1.54, 1.807) is 13.0 Å². The Balaban J connectivity index is 2.08. The average Bonchev–Trinajstić information content (AvgIpc) is 2.59. The molecule has 0 aliphatic rings. The molecule has 1 amide bonds. The summed E-state index contributed by atoms with van der Waals surface area (Å²) in [5, 5.41) is 3.02. The first-order chi connectivity index (χ1) is 12.8. The van der Waals surface area contributed by atoms with E-state index in [-0.39, 0.29) is 11.7 Å². The molecule has 0 bridgehead atoms. The number of rotatable bonds is 8. The van der Waals surface area contributed by atoms with Crippen molar-refractivity contribution in [3.63, 3.8) is 0 Å². The number of carbonyl (C=O) groups is 2. The highest BCUT2D eigenvalue weighted by molar-refractivity contribution is 5.94. The van der Waals surface area contributed by atoms with Gasteiger partial charge in [-0.2, -0.15) is 0 Å². The Kier molecular flexibility index (Phi) is 7.13. The van der Waals surface area contributed by atoms with Crippen LogP contribution < -0.4 is 15.0 Å². The van der Waals surface area contributed by atoms with Gasteiger partial charge in [-0.05, 0) is 57.0 Å². The number of aryl methyl sites for hydroxylation is 2. The zero-order valence-corrected chi connectivity index (χ0v) is 16.8. The van der Waals surface area contributed by atoms with Crippen LogP contribution >= 0.6 is 0 Å². The number of likely N-dealkylation sites (N-methyl/N-ethyl adjacent to an activating group) is 1. The third-order valence-electron chi connectivity index (χ3n) is 4.47. The summed E-state index contributed by atoms with van der Waals surface area (Å²) in [6.45, 7) is 8.92. The summed E-state index contributed by atoms with van der Waals surface area (Å²) in [5.41, 5.74) is 4.56. The van der Waals surface area contributed by atoms with Gasteiger partial charge >= 0.3 is 0 Å². The normalized spacial score (nSPS) is 11.7. The fraction of sp³-hybridized carbons (Fsp3) is 0.364. The Hall–Kier alpha value is -2.66. The zero-order valence-electron chi connectivity index (χ0n) is 16.8. The van der Waals surface area contributed by atoms with Crippen molar-refractivity contribution in [1.82, 2.24) is 0 Å². The summed E-state index contributed by atoms with van der Waals surface area (Å²) >= 11 is 0. The van der Waals surface area contributed by atoms with Gasteiger partial charge in [-0.25, -0.2) is 0 Å². The Morgan fingerprint density at radius 3 is 2.37 bits per heavy atom. The van der Waals surface area contributed by atoms with Crippen LogP contribution in [0.3, 0.4) is 0 Å². The number of ether oxygens (including phenoxy) is 1. The van der Waals surface area contributed by atoms with Gasteiger partial charge < -0.3 is 15.0 Å². The Bertz CT molecular complexity index is 810. The fourth-order valence-corrected chi connectivity index (χ4v) is 3.09. The van der Waals surface area contributed by atoms with Gasteiger partial charge in [0.25, 0.3) is 5.91 Å². The van der Waals surface area contributed by atoms with Crippen LogP contribution in [0.15, 0.2) is 36.4 Å². The molecule has 2 N–H and O–H groups in total. The predicted molar refractivity (Wildman–Crippen MR) is 108 cm³/mol. The van der Waals surface area contributed by atoms with E-state index in [4.69, 9.17) is 4.74 Å². The summed E-state index contributed by atoms with van der Waals surface area (Å²) in [4.78, 5) is 25.2. The smallest absolute Gasteiger partial charge is 0.279 e. The number of benzene rings is 2. The number of quaternary nitrogens is 1. The molecule has 0 heterocycles. The first kappa shape index (κ1) is 20.6. The maximum absolute atomic E-state index is 12.5. The molecule has 5 nitrogen and oxygen atoms in total. The van der Waals surface area contributed by atoms with Gasteiger partial charge in [0.2, 0.25) is 0 Å². The van der Waals surface area contributed by atoms with Crippen molar-refractivity contribution in [3.8, 4) is 5.75 Å². The molecule has 0 radical (unpaired) electrons. The van der Waals surface area contributed by atoms with Gasteiger partial charge in [0.15, 0.2) is 12.3 Å². The number of para-hydroxylation sites is 1. The number of amides is 1. The van der Waals surface area contributed by atoms with Gasteiger partial charge in [-0.15, -0.1) is 0 Å². The summed E-state index contributed by atoms with van der Waals surface area (Å²) in [5.74, 6) is 0.743. The van der Waals surface area contributed by atoms with Crippen LogP contribution in [0.1, 0.15) is 40.9 Å². The van der Waals surface area contributed by atoms with Crippen LogP contribution in [-0.2, 0) is 11.3 Å². The van der Waals surface area contributed by atoms with Crippen molar-refractivity contribution in [2.24, 2.45) is 0 Å². The zero-order chi connectivity index (χ0) is 20.0. The SMILES string of the molecule is CCOc1ccc(C(C)=O)cc1C[NH+](C)CC(=O)Nc1c(C)cccc1C. The van der Waals surface area contributed by atoms with E-state index in [0.717, 1.165) is 33.0 Å². The van der Waals surface area contributed by atoms with E-state index in [2.05, 4.69) is 5.32 Å². The average molecular weight is 369 g/mol. The van der Waals surface area contributed by atoms with Gasteiger partial charge in [-0.1, -0.05) is 18.2 Å². The summed E-state index contributed by atoms with van der Waals surface area (Å²) in [6.07, 6.45) is 0. The second-order valence-corrected chi connectivity index (χ2v) is 6.94. The number of anilines is 1. The molecule has 0 saturated heterocycles. The Morgan fingerprint density at radius 2 is 1.78 bits per heavy atom. The van der Waals surface area contributed by atoms with Crippen LogP contribution in [0.2, 0.25) is 0 Å². The van der Waals surface area contributed by atoms with Crippen LogP contribution in [-0.4, -0.2) is 31.9 Å². The highest BCUT2D eigenvalue weighted by Gasteiger charge is 2.16. The fourth-order valence-electron chi connectivity index (χ4n) is 3.09. The molecule has 2 aromatic carbocycles. The third-order valence-corrected chi connectivity index (χ3v) is 4.47. The Morgan fingerprint density at radius 1 is 1.11 bits per heavy atom. The molecule has 0 aliphatic carbocycles. The first-order valence-corrected chi connectivity index (χ1v) is 9.25. The van der Waals surface area contributed by atoms with Crippen molar-refractivity contribution in [2.75, 3.05) is 25.5 Å². The molecule has 1 unspecified atom stereocenters. The van der Waals surface area contributed by atoms with Gasteiger partial charge in [0.05, 0.1) is 13.7 Å². The van der Waals surface area contributed by atoms with Crippen LogP contribution in [0.25, 0.3) is 0 Å². The molecule has 2 aromatic rings. The van der Waals surface area contributed by atoms with Crippen LogP contribution in [0.4, 0.5) is 5.69 Å². The van der Waals surface area contributed by atoms with Gasteiger partial charge in [0, 0.05) is 16.8 Å². The summed E-state index contributed by atoms with van der Waals surface area (Å²) in [6, 6.07) is 11.4. The highest BCUT2D eigenvalue weighted by atomic mass is 16.5. The van der Waals surface area contributed by atoms with Crippen molar-refractivity contribution >= 4 is 17.4 Å². The topological polar surface area (TPSA) is 59.8 Å². The molecule has 2 rings (SSSR count). The molecule has 144 valence electrons. The lowest BCUT2D eigenvalue weighted by Crippen LogP contribution is -3.08. The highest BCUT2D eigenvalue weighted by Crippen LogP contribution is 2.20. The lowest BCUT2D eigenvalue weighted by Gasteiger charge is -2.18. The van der Waals surface area contributed by atoms with Crippen molar-refractivity contribution in [1.29, 1.82) is 0 Å². The molecule has 0 aliphatic heterocycles. The van der Waals surface area contributed by atoms with Crippen molar-refractivity contribution in [3.05, 3.63) is 58.7 Å². The number of hydrogen-bond acceptors (Lipinski definition) is 3. The minimum Gasteiger partial charge on any atom is -0.493 e. The molecular formula is C22H29N2O3+. The minimum atomic E-state index is -0.0365. The van der Waals surface area contributed by atoms with E-state index >= 15 is 0 Å². The first-order valence-electron chi connectivity index (χ1n) is 9.25. The number of Topliss-reactive ketones (excluding diaryl/α,β-unsaturated/α-hetero) is 1. The third kappa shape index (κ3) is 5.66. The second-order valence-electron chi connectivity index (χ2n) is 6.94. The number of ketones is 1. The van der Waals surface area contributed by atoms with E-state index in [0.29, 0.717) is 25.3 Å². The largest absolute Gasteiger partial charge is 0.493 e. The van der Waals surface area contributed by atoms with E-state index in [1.807, 2.05) is 58.2 Å². The lowest BCUT2D eigenvalue weighted by atomic mass is 10.1. The molecule has 0 aromatic heterocycles.